The highest BCUT2D eigenvalue weighted by atomic mass is 16.5. The monoisotopic (exact) mass is 760 g/mol. The van der Waals surface area contributed by atoms with Gasteiger partial charge in [0.25, 0.3) is 5.91 Å². The van der Waals surface area contributed by atoms with Crippen LogP contribution in [-0.4, -0.2) is 86.5 Å². The first kappa shape index (κ1) is 46.3. The normalized spacial score (nSPS) is 15.5. The second kappa shape index (κ2) is 26.0. The van der Waals surface area contributed by atoms with E-state index in [1.165, 1.54) is 33.5 Å². The summed E-state index contributed by atoms with van der Waals surface area (Å²) in [6, 6.07) is 7.05. The standard InChI is InChI=1S/C41H69N5O8/c1-8-9-10-11-12-13-20-25-35(47)54-34(33(26-31-21-16-14-17-22-31)42-38(48)36(29(2)3)43-40(50)52-6)28-46(27-32-23-18-15-19-24-32)45-39(49)37(30(4)5)44-41(51)53-7/h14,16-17,21-22,29-30,32-34,36-37H,8-13,15,18-20,23-28H2,1-7H3,(H,42,48)(H,43,50)(H,44,51)(H,45,49)/t33-,34-,36-,37-/m0/s1. The van der Waals surface area contributed by atoms with Crippen molar-refractivity contribution >= 4 is 30.0 Å². The number of hydrogen-bond donors (Lipinski definition) is 4. The molecule has 306 valence electrons. The third-order valence-corrected chi connectivity index (χ3v) is 10.0. The Morgan fingerprint density at radius 1 is 0.741 bits per heavy atom. The number of nitrogens with one attached hydrogen (secondary N) is 4. The Morgan fingerprint density at radius 2 is 1.30 bits per heavy atom. The van der Waals surface area contributed by atoms with Gasteiger partial charge in [0, 0.05) is 13.0 Å². The Balaban J connectivity index is 2.50. The second-order valence-corrected chi connectivity index (χ2v) is 15.3. The molecule has 1 aromatic carbocycles. The van der Waals surface area contributed by atoms with Crippen molar-refractivity contribution in [2.75, 3.05) is 27.3 Å². The molecular formula is C41H69N5O8. The summed E-state index contributed by atoms with van der Waals surface area (Å²) < 4.78 is 15.9. The smallest absolute Gasteiger partial charge is 0.407 e. The Hall–Kier alpha value is -3.87. The summed E-state index contributed by atoms with van der Waals surface area (Å²) in [5.41, 5.74) is 3.95. The van der Waals surface area contributed by atoms with Crippen LogP contribution in [0.3, 0.4) is 0 Å². The molecule has 1 aliphatic rings. The number of hydrogen-bond acceptors (Lipinski definition) is 9. The summed E-state index contributed by atoms with van der Waals surface area (Å²) >= 11 is 0. The number of ether oxygens (including phenoxy) is 3. The molecule has 0 unspecified atom stereocenters. The molecule has 1 saturated carbocycles. The molecule has 0 aromatic heterocycles. The van der Waals surface area contributed by atoms with Crippen molar-refractivity contribution in [2.45, 2.75) is 149 Å². The van der Waals surface area contributed by atoms with Gasteiger partial charge in [-0.3, -0.25) is 19.8 Å². The van der Waals surface area contributed by atoms with E-state index in [1.54, 1.807) is 5.01 Å². The van der Waals surface area contributed by atoms with Crippen LogP contribution in [0.25, 0.3) is 0 Å². The van der Waals surface area contributed by atoms with Crippen molar-refractivity contribution in [3.8, 4) is 0 Å². The van der Waals surface area contributed by atoms with Crippen LogP contribution in [0.4, 0.5) is 9.59 Å². The van der Waals surface area contributed by atoms with E-state index in [4.69, 9.17) is 14.2 Å². The van der Waals surface area contributed by atoms with Crippen LogP contribution < -0.4 is 21.4 Å². The van der Waals surface area contributed by atoms with Crippen LogP contribution in [0.15, 0.2) is 30.3 Å². The first-order valence-electron chi connectivity index (χ1n) is 20.2. The quantitative estimate of drug-likeness (QED) is 0.0402. The molecule has 13 heteroatoms. The Labute approximate surface area is 323 Å². The van der Waals surface area contributed by atoms with E-state index < -0.39 is 48.2 Å². The fourth-order valence-corrected chi connectivity index (χ4v) is 6.85. The van der Waals surface area contributed by atoms with Crippen molar-refractivity contribution in [1.82, 2.24) is 26.4 Å². The maximum atomic E-state index is 14.0. The van der Waals surface area contributed by atoms with E-state index in [0.717, 1.165) is 56.9 Å². The molecule has 0 spiro atoms. The summed E-state index contributed by atoms with van der Waals surface area (Å²) in [4.78, 5) is 65.9. The largest absolute Gasteiger partial charge is 0.459 e. The van der Waals surface area contributed by atoms with E-state index in [0.29, 0.717) is 19.4 Å². The highest BCUT2D eigenvalue weighted by Gasteiger charge is 2.35. The first-order chi connectivity index (χ1) is 25.9. The van der Waals surface area contributed by atoms with Gasteiger partial charge < -0.3 is 30.2 Å². The van der Waals surface area contributed by atoms with Crippen LogP contribution in [-0.2, 0) is 35.0 Å². The summed E-state index contributed by atoms with van der Waals surface area (Å²) in [6.45, 7) is 10.1. The summed E-state index contributed by atoms with van der Waals surface area (Å²) in [5, 5.41) is 10.2. The fraction of sp³-hybridized carbons (Fsp3) is 0.732. The number of alkyl carbamates (subject to hydrolysis) is 2. The predicted octanol–water partition coefficient (Wildman–Crippen LogP) is 6.44. The zero-order valence-corrected chi connectivity index (χ0v) is 34.0. The third-order valence-electron chi connectivity index (χ3n) is 10.0. The van der Waals surface area contributed by atoms with E-state index in [2.05, 4.69) is 28.3 Å². The van der Waals surface area contributed by atoms with Gasteiger partial charge in [0.2, 0.25) is 5.91 Å². The molecule has 1 fully saturated rings. The van der Waals surface area contributed by atoms with Gasteiger partial charge in [-0.25, -0.2) is 14.6 Å². The fourth-order valence-electron chi connectivity index (χ4n) is 6.85. The summed E-state index contributed by atoms with van der Waals surface area (Å²) in [7, 11) is 2.49. The minimum Gasteiger partial charge on any atom is -0.459 e. The number of hydrazine groups is 1. The molecule has 0 saturated heterocycles. The lowest BCUT2D eigenvalue weighted by atomic mass is 9.89. The molecule has 2 rings (SSSR count). The van der Waals surface area contributed by atoms with Gasteiger partial charge in [0.05, 0.1) is 26.8 Å². The molecule has 1 aliphatic carbocycles. The van der Waals surface area contributed by atoms with Crippen LogP contribution in [0.1, 0.15) is 124 Å². The van der Waals surface area contributed by atoms with Gasteiger partial charge in [0.1, 0.15) is 18.2 Å². The van der Waals surface area contributed by atoms with E-state index in [-0.39, 0.29) is 36.7 Å². The van der Waals surface area contributed by atoms with Crippen LogP contribution in [0, 0.1) is 17.8 Å². The minimum absolute atomic E-state index is 0.0720. The molecule has 1 aromatic rings. The van der Waals surface area contributed by atoms with Crippen LogP contribution in [0.5, 0.6) is 0 Å². The van der Waals surface area contributed by atoms with Gasteiger partial charge >= 0.3 is 18.2 Å². The highest BCUT2D eigenvalue weighted by Crippen LogP contribution is 2.25. The van der Waals surface area contributed by atoms with Crippen molar-refractivity contribution in [2.24, 2.45) is 17.8 Å². The highest BCUT2D eigenvalue weighted by molar-refractivity contribution is 5.86. The molecule has 0 heterocycles. The summed E-state index contributed by atoms with van der Waals surface area (Å²) in [5.74, 6) is -1.51. The number of nitrogens with zero attached hydrogens (tertiary/aromatic N) is 1. The van der Waals surface area contributed by atoms with Gasteiger partial charge in [-0.05, 0) is 49.0 Å². The average Bonchev–Trinajstić information content (AvgIpc) is 3.15. The van der Waals surface area contributed by atoms with Crippen LogP contribution >= 0.6 is 0 Å². The van der Waals surface area contributed by atoms with Crippen molar-refractivity contribution in [3.05, 3.63) is 35.9 Å². The Bertz CT molecular complexity index is 1260. The van der Waals surface area contributed by atoms with Crippen molar-refractivity contribution in [1.29, 1.82) is 0 Å². The molecule has 0 aliphatic heterocycles. The van der Waals surface area contributed by atoms with Crippen LogP contribution in [0.2, 0.25) is 0 Å². The lowest BCUT2D eigenvalue weighted by Gasteiger charge is -2.36. The van der Waals surface area contributed by atoms with E-state index >= 15 is 0 Å². The van der Waals surface area contributed by atoms with Gasteiger partial charge in [-0.1, -0.05) is 123 Å². The topological polar surface area (TPSA) is 164 Å². The Kier molecular flexibility index (Phi) is 22.3. The number of methoxy groups -OCH3 is 2. The predicted molar refractivity (Wildman–Crippen MR) is 209 cm³/mol. The van der Waals surface area contributed by atoms with Crippen molar-refractivity contribution in [3.63, 3.8) is 0 Å². The number of carbonyl (C=O) groups excluding carboxylic acids is 5. The molecule has 13 nitrogen and oxygen atoms in total. The van der Waals surface area contributed by atoms with E-state index in [9.17, 15) is 24.0 Å². The lowest BCUT2D eigenvalue weighted by molar-refractivity contribution is -0.154. The number of carbonyl (C=O) groups is 5. The Morgan fingerprint density at radius 3 is 1.85 bits per heavy atom. The first-order valence-corrected chi connectivity index (χ1v) is 20.2. The zero-order chi connectivity index (χ0) is 39.9. The van der Waals surface area contributed by atoms with Gasteiger partial charge in [-0.2, -0.15) is 0 Å². The maximum Gasteiger partial charge on any atom is 0.407 e. The number of rotatable bonds is 24. The molecule has 4 N–H and O–H groups in total. The number of unbranched alkanes of at least 4 members (excludes halogenated alkanes) is 6. The van der Waals surface area contributed by atoms with Crippen molar-refractivity contribution < 1.29 is 38.2 Å². The molecular weight excluding hydrogens is 690 g/mol. The minimum atomic E-state index is -0.922. The zero-order valence-electron chi connectivity index (χ0n) is 34.0. The molecule has 4 atom stereocenters. The third kappa shape index (κ3) is 18.0. The lowest BCUT2D eigenvalue weighted by Crippen LogP contribution is -2.60. The van der Waals surface area contributed by atoms with E-state index in [1.807, 2.05) is 58.0 Å². The maximum absolute atomic E-state index is 14.0. The number of amides is 4. The SMILES string of the molecule is CCCCCCCCCC(=O)O[C@@H](CN(CC1CCCCC1)NC(=O)[C@@H](NC(=O)OC)C(C)C)[C@H](Cc1ccccc1)NC(=O)[C@@H](NC(=O)OC)C(C)C. The molecule has 4 amide bonds. The van der Waals surface area contributed by atoms with Gasteiger partial charge in [0.15, 0.2) is 0 Å². The molecule has 0 bridgehead atoms. The summed E-state index contributed by atoms with van der Waals surface area (Å²) in [6.07, 6.45) is 10.8. The average molecular weight is 760 g/mol. The molecule has 0 radical (unpaired) electrons. The molecule has 54 heavy (non-hydrogen) atoms. The number of benzene rings is 1. The second-order valence-electron chi connectivity index (χ2n) is 15.3. The van der Waals surface area contributed by atoms with Gasteiger partial charge in [-0.15, -0.1) is 0 Å². The number of esters is 1.